The van der Waals surface area contributed by atoms with Crippen LogP contribution in [-0.2, 0) is 0 Å². The molecule has 0 aromatic heterocycles. The lowest BCUT2D eigenvalue weighted by Gasteiger charge is -2.38. The number of nitrogens with zero attached hydrogens (tertiary/aromatic N) is 1. The predicted octanol–water partition coefficient (Wildman–Crippen LogP) is 2.00. The molecule has 1 saturated heterocycles. The number of nitrogens with one attached hydrogen (secondary N) is 1. The minimum atomic E-state index is -0.0609. The summed E-state index contributed by atoms with van der Waals surface area (Å²) in [6, 6.07) is 0.460. The summed E-state index contributed by atoms with van der Waals surface area (Å²) in [5.41, 5.74) is 0.235. The van der Waals surface area contributed by atoms with Gasteiger partial charge >= 0.3 is 0 Å². The first kappa shape index (κ1) is 14.3. The molecule has 1 aliphatic carbocycles. The molecule has 106 valence electrons. The number of piperidine rings is 1. The first-order valence-electron chi connectivity index (χ1n) is 7.63. The molecular formula is C15H30N2O. The Hall–Kier alpha value is -0.120. The van der Waals surface area contributed by atoms with Crippen LogP contribution >= 0.6 is 0 Å². The maximum absolute atomic E-state index is 9.96. The third kappa shape index (κ3) is 3.94. The van der Waals surface area contributed by atoms with Crippen LogP contribution in [0.3, 0.4) is 0 Å². The molecule has 18 heavy (non-hydrogen) atoms. The van der Waals surface area contributed by atoms with Gasteiger partial charge in [0.25, 0.3) is 0 Å². The normalized spacial score (nSPS) is 32.0. The van der Waals surface area contributed by atoms with Crippen LogP contribution in [0.25, 0.3) is 0 Å². The molecule has 2 rings (SSSR count). The van der Waals surface area contributed by atoms with Crippen molar-refractivity contribution in [1.82, 2.24) is 10.2 Å². The molecule has 2 fully saturated rings. The highest BCUT2D eigenvalue weighted by atomic mass is 16.3. The van der Waals surface area contributed by atoms with Crippen molar-refractivity contribution in [2.45, 2.75) is 70.6 Å². The lowest BCUT2D eigenvalue weighted by Crippen LogP contribution is -2.47. The highest BCUT2D eigenvalue weighted by molar-refractivity contribution is 4.88. The van der Waals surface area contributed by atoms with Crippen molar-refractivity contribution < 1.29 is 5.11 Å². The second-order valence-electron chi connectivity index (χ2n) is 7.18. The highest BCUT2D eigenvalue weighted by Crippen LogP contribution is 2.28. The molecule has 0 amide bonds. The number of likely N-dealkylation sites (tertiary alicyclic amines) is 1. The van der Waals surface area contributed by atoms with Crippen molar-refractivity contribution in [3.63, 3.8) is 0 Å². The average Bonchev–Trinajstić information content (AvgIpc) is 2.73. The van der Waals surface area contributed by atoms with Crippen LogP contribution in [0.4, 0.5) is 0 Å². The summed E-state index contributed by atoms with van der Waals surface area (Å²) in [7, 11) is 0. The Labute approximate surface area is 112 Å². The van der Waals surface area contributed by atoms with Gasteiger partial charge in [-0.05, 0) is 78.4 Å². The van der Waals surface area contributed by atoms with E-state index in [1.54, 1.807) is 0 Å². The Morgan fingerprint density at radius 1 is 1.11 bits per heavy atom. The molecular weight excluding hydrogens is 224 g/mol. The van der Waals surface area contributed by atoms with E-state index in [2.05, 4.69) is 31.0 Å². The number of aliphatic hydroxyl groups is 1. The Bertz CT molecular complexity index is 254. The fourth-order valence-corrected chi connectivity index (χ4v) is 3.29. The van der Waals surface area contributed by atoms with Gasteiger partial charge in [-0.25, -0.2) is 0 Å². The van der Waals surface area contributed by atoms with E-state index in [-0.39, 0.29) is 11.6 Å². The smallest absolute Gasteiger partial charge is 0.0695 e. The molecule has 0 bridgehead atoms. The Kier molecular flexibility index (Phi) is 4.68. The van der Waals surface area contributed by atoms with Gasteiger partial charge in [-0.1, -0.05) is 0 Å². The van der Waals surface area contributed by atoms with Crippen LogP contribution in [0.15, 0.2) is 0 Å². The second-order valence-corrected chi connectivity index (χ2v) is 7.18. The SMILES string of the molecule is CC(C)(C)NCC1CCN(C2CCCC2O)CC1. The van der Waals surface area contributed by atoms with Crippen LogP contribution in [-0.4, -0.2) is 47.3 Å². The summed E-state index contributed by atoms with van der Waals surface area (Å²) in [6.45, 7) is 10.2. The molecule has 2 N–H and O–H groups in total. The Morgan fingerprint density at radius 3 is 2.28 bits per heavy atom. The zero-order chi connectivity index (χ0) is 13.2. The van der Waals surface area contributed by atoms with Crippen molar-refractivity contribution in [3.05, 3.63) is 0 Å². The fourth-order valence-electron chi connectivity index (χ4n) is 3.29. The molecule has 2 aliphatic rings. The Morgan fingerprint density at radius 2 is 1.78 bits per heavy atom. The van der Waals surface area contributed by atoms with Gasteiger partial charge in [-0.15, -0.1) is 0 Å². The van der Waals surface area contributed by atoms with E-state index < -0.39 is 0 Å². The molecule has 0 radical (unpaired) electrons. The molecule has 3 nitrogen and oxygen atoms in total. The number of rotatable bonds is 3. The number of hydrogen-bond donors (Lipinski definition) is 2. The first-order chi connectivity index (χ1) is 8.46. The minimum absolute atomic E-state index is 0.0609. The van der Waals surface area contributed by atoms with Gasteiger partial charge in [-0.3, -0.25) is 4.90 Å². The van der Waals surface area contributed by atoms with Crippen LogP contribution in [0.5, 0.6) is 0 Å². The summed E-state index contributed by atoms with van der Waals surface area (Å²) >= 11 is 0. The van der Waals surface area contributed by atoms with Crippen molar-refractivity contribution in [1.29, 1.82) is 0 Å². The maximum Gasteiger partial charge on any atom is 0.0695 e. The van der Waals surface area contributed by atoms with Gasteiger partial charge in [0.2, 0.25) is 0 Å². The van der Waals surface area contributed by atoms with Gasteiger partial charge in [-0.2, -0.15) is 0 Å². The lowest BCUT2D eigenvalue weighted by atomic mass is 9.94. The average molecular weight is 254 g/mol. The van der Waals surface area contributed by atoms with E-state index in [1.165, 1.54) is 38.8 Å². The topological polar surface area (TPSA) is 35.5 Å². The molecule has 2 unspecified atom stereocenters. The van der Waals surface area contributed by atoms with Gasteiger partial charge < -0.3 is 10.4 Å². The van der Waals surface area contributed by atoms with Crippen LogP contribution in [0, 0.1) is 5.92 Å². The quantitative estimate of drug-likeness (QED) is 0.808. The largest absolute Gasteiger partial charge is 0.391 e. The van der Waals surface area contributed by atoms with E-state index in [0.717, 1.165) is 18.9 Å². The summed E-state index contributed by atoms with van der Waals surface area (Å²) in [5, 5.41) is 13.6. The maximum atomic E-state index is 9.96. The molecule has 2 atom stereocenters. The van der Waals surface area contributed by atoms with Crippen molar-refractivity contribution >= 4 is 0 Å². The van der Waals surface area contributed by atoms with E-state index in [1.807, 2.05) is 0 Å². The third-order valence-electron chi connectivity index (χ3n) is 4.48. The van der Waals surface area contributed by atoms with E-state index in [9.17, 15) is 5.11 Å². The first-order valence-corrected chi connectivity index (χ1v) is 7.63. The van der Waals surface area contributed by atoms with E-state index in [0.29, 0.717) is 6.04 Å². The molecule has 0 aromatic carbocycles. The molecule has 3 heteroatoms. The molecule has 0 spiro atoms. The van der Waals surface area contributed by atoms with Crippen molar-refractivity contribution in [2.75, 3.05) is 19.6 Å². The third-order valence-corrected chi connectivity index (χ3v) is 4.48. The molecule has 1 saturated carbocycles. The van der Waals surface area contributed by atoms with Gasteiger partial charge in [0.1, 0.15) is 0 Å². The predicted molar refractivity (Wildman–Crippen MR) is 75.7 cm³/mol. The highest BCUT2D eigenvalue weighted by Gasteiger charge is 2.32. The lowest BCUT2D eigenvalue weighted by molar-refractivity contribution is 0.0475. The molecule has 1 aliphatic heterocycles. The van der Waals surface area contributed by atoms with Gasteiger partial charge in [0, 0.05) is 11.6 Å². The van der Waals surface area contributed by atoms with Crippen LogP contribution < -0.4 is 5.32 Å². The van der Waals surface area contributed by atoms with Gasteiger partial charge in [0.15, 0.2) is 0 Å². The molecule has 1 heterocycles. The monoisotopic (exact) mass is 254 g/mol. The standard InChI is InChI=1S/C15H30N2O/c1-15(2,3)16-11-12-7-9-17(10-8-12)13-5-4-6-14(13)18/h12-14,16,18H,4-11H2,1-3H3. The molecule has 0 aromatic rings. The summed E-state index contributed by atoms with van der Waals surface area (Å²) in [4.78, 5) is 2.53. The van der Waals surface area contributed by atoms with Gasteiger partial charge in [0.05, 0.1) is 6.10 Å². The second kappa shape index (κ2) is 5.89. The minimum Gasteiger partial charge on any atom is -0.391 e. The summed E-state index contributed by atoms with van der Waals surface area (Å²) in [6.07, 6.45) is 5.92. The summed E-state index contributed by atoms with van der Waals surface area (Å²) < 4.78 is 0. The van der Waals surface area contributed by atoms with Crippen LogP contribution in [0.1, 0.15) is 52.9 Å². The van der Waals surface area contributed by atoms with Crippen molar-refractivity contribution in [3.8, 4) is 0 Å². The van der Waals surface area contributed by atoms with E-state index in [4.69, 9.17) is 0 Å². The Balaban J connectivity index is 1.71. The van der Waals surface area contributed by atoms with E-state index >= 15 is 0 Å². The number of aliphatic hydroxyl groups excluding tert-OH is 1. The zero-order valence-corrected chi connectivity index (χ0v) is 12.3. The van der Waals surface area contributed by atoms with Crippen molar-refractivity contribution in [2.24, 2.45) is 5.92 Å². The summed E-state index contributed by atoms with van der Waals surface area (Å²) in [5.74, 6) is 0.819. The zero-order valence-electron chi connectivity index (χ0n) is 12.3. The fraction of sp³-hybridized carbons (Fsp3) is 1.00. The van der Waals surface area contributed by atoms with Crippen LogP contribution in [0.2, 0.25) is 0 Å². The number of hydrogen-bond acceptors (Lipinski definition) is 3.